The van der Waals surface area contributed by atoms with Gasteiger partial charge in [0.25, 0.3) is 0 Å². The molecule has 0 aromatic carbocycles. The van der Waals surface area contributed by atoms with Crippen molar-refractivity contribution in [3.05, 3.63) is 0 Å². The van der Waals surface area contributed by atoms with Crippen LogP contribution in [-0.2, 0) is 33.2 Å². The Morgan fingerprint density at radius 3 is 2.13 bits per heavy atom. The maximum atomic E-state index is 14.2. The lowest BCUT2D eigenvalue weighted by atomic mass is 9.77. The topological polar surface area (TPSA) is 180 Å². The van der Waals surface area contributed by atoms with E-state index in [4.69, 9.17) is 28.4 Å². The number of aliphatic hydroxyl groups is 5. The van der Waals surface area contributed by atoms with Crippen molar-refractivity contribution in [3.63, 3.8) is 0 Å². The van der Waals surface area contributed by atoms with Gasteiger partial charge in [-0.2, -0.15) is 0 Å². The summed E-state index contributed by atoms with van der Waals surface area (Å²) in [4.78, 5) is 18.2. The Hall–Kier alpha value is -1.01. The van der Waals surface area contributed by atoms with Crippen LogP contribution in [0.3, 0.4) is 0 Å². The molecule has 53 heavy (non-hydrogen) atoms. The van der Waals surface area contributed by atoms with Gasteiger partial charge in [0, 0.05) is 38.1 Å². The highest BCUT2D eigenvalue weighted by atomic mass is 16.7. The van der Waals surface area contributed by atoms with Crippen LogP contribution >= 0.6 is 0 Å². The van der Waals surface area contributed by atoms with Crippen molar-refractivity contribution in [2.45, 2.75) is 192 Å². The van der Waals surface area contributed by atoms with Gasteiger partial charge in [0.1, 0.15) is 30.0 Å². The first kappa shape index (κ1) is 46.4. The first-order valence-electron chi connectivity index (χ1n) is 19.7. The molecule has 3 aliphatic heterocycles. The molecule has 0 unspecified atom stereocenters. The number of aliphatic hydroxyl groups excluding tert-OH is 3. The van der Waals surface area contributed by atoms with Crippen molar-refractivity contribution < 1.29 is 58.7 Å². The number of ether oxygens (including phenoxy) is 6. The van der Waals surface area contributed by atoms with E-state index in [-0.39, 0.29) is 37.3 Å². The highest BCUT2D eigenvalue weighted by molar-refractivity contribution is 5.73. The Balaban J connectivity index is 2.18. The van der Waals surface area contributed by atoms with Gasteiger partial charge >= 0.3 is 5.97 Å². The summed E-state index contributed by atoms with van der Waals surface area (Å²) >= 11 is 0. The fourth-order valence-corrected chi connectivity index (χ4v) is 8.90. The Bertz CT molecular complexity index is 1160. The Labute approximate surface area is 318 Å². The van der Waals surface area contributed by atoms with Crippen LogP contribution in [-0.4, -0.2) is 166 Å². The average molecular weight is 763 g/mol. The molecule has 312 valence electrons. The molecule has 0 aromatic heterocycles. The van der Waals surface area contributed by atoms with Crippen molar-refractivity contribution >= 4 is 5.97 Å². The summed E-state index contributed by atoms with van der Waals surface area (Å²) < 4.78 is 37.7. The van der Waals surface area contributed by atoms with Crippen molar-refractivity contribution in [1.29, 1.82) is 0 Å². The van der Waals surface area contributed by atoms with Gasteiger partial charge in [-0.15, -0.1) is 0 Å². The molecule has 3 heterocycles. The number of nitrogens with zero attached hydrogens (tertiary/aromatic N) is 2. The molecule has 0 saturated carbocycles. The predicted octanol–water partition coefficient (Wildman–Crippen LogP) is 2.29. The summed E-state index contributed by atoms with van der Waals surface area (Å²) in [6.07, 6.45) is -8.17. The van der Waals surface area contributed by atoms with Crippen LogP contribution in [0.1, 0.15) is 102 Å². The normalized spacial score (nSPS) is 48.9. The van der Waals surface area contributed by atoms with Crippen LogP contribution in [0.5, 0.6) is 0 Å². The van der Waals surface area contributed by atoms with E-state index in [9.17, 15) is 30.3 Å². The predicted molar refractivity (Wildman–Crippen MR) is 199 cm³/mol. The van der Waals surface area contributed by atoms with Gasteiger partial charge in [-0.25, -0.2) is 0 Å². The van der Waals surface area contributed by atoms with Crippen LogP contribution in [0.25, 0.3) is 0 Å². The molecule has 0 radical (unpaired) electrons. The number of likely N-dealkylation sites (N-methyl/N-ethyl adjacent to an activating group) is 2. The Morgan fingerprint density at radius 2 is 1.57 bits per heavy atom. The zero-order chi connectivity index (χ0) is 40.4. The molecule has 3 rings (SSSR count). The summed E-state index contributed by atoms with van der Waals surface area (Å²) in [6, 6.07) is -0.794. The third-order valence-electron chi connectivity index (χ3n) is 12.6. The second-order valence-corrected chi connectivity index (χ2v) is 17.3. The van der Waals surface area contributed by atoms with Gasteiger partial charge in [-0.3, -0.25) is 4.79 Å². The van der Waals surface area contributed by atoms with Gasteiger partial charge in [0.15, 0.2) is 12.6 Å². The zero-order valence-corrected chi connectivity index (χ0v) is 34.9. The van der Waals surface area contributed by atoms with Gasteiger partial charge in [0.2, 0.25) is 0 Å². The first-order chi connectivity index (χ1) is 24.4. The van der Waals surface area contributed by atoms with E-state index in [0.717, 1.165) is 0 Å². The monoisotopic (exact) mass is 763 g/mol. The molecule has 14 heteroatoms. The van der Waals surface area contributed by atoms with Crippen LogP contribution in [0.4, 0.5) is 0 Å². The maximum Gasteiger partial charge on any atom is 0.311 e. The molecule has 5 N–H and O–H groups in total. The van der Waals surface area contributed by atoms with Crippen molar-refractivity contribution in [2.75, 3.05) is 34.3 Å². The highest BCUT2D eigenvalue weighted by Crippen LogP contribution is 2.40. The summed E-state index contributed by atoms with van der Waals surface area (Å²) in [7, 11) is 5.29. The first-order valence-corrected chi connectivity index (χ1v) is 19.7. The Morgan fingerprint density at radius 1 is 0.943 bits per heavy atom. The lowest BCUT2D eigenvalue weighted by molar-refractivity contribution is -0.318. The van der Waals surface area contributed by atoms with Crippen LogP contribution in [0.2, 0.25) is 0 Å². The standard InChI is InChI=1S/C39H74N2O12/c1-15-28-39(11,47)32(43)25(7)41(13)20-21(3)18-37(9,46)34(53-36-30(42)27(40(12)16-2)17-22(4)49-36)23(5)31(24(6)35(45)51-28)52-29-19-38(10,48-14)33(44)26(8)50-29/h21-34,36,42-44,46-47H,15-20H2,1-14H3/t21-,22-,23+,24-,25-,26+,27+,28-,29+,30-,31+,32-,33+,34-,36+,37-,38-,39-/m1/s1. The molecule has 18 atom stereocenters. The fourth-order valence-electron chi connectivity index (χ4n) is 8.90. The van der Waals surface area contributed by atoms with Gasteiger partial charge < -0.3 is 63.8 Å². The zero-order valence-electron chi connectivity index (χ0n) is 34.9. The third kappa shape index (κ3) is 10.5. The largest absolute Gasteiger partial charge is 0.459 e. The molecular formula is C39H74N2O12. The number of hydrogen-bond acceptors (Lipinski definition) is 14. The summed E-state index contributed by atoms with van der Waals surface area (Å²) in [6.45, 7) is 20.8. The number of cyclic esters (lactones) is 1. The van der Waals surface area contributed by atoms with E-state index < -0.39 is 96.0 Å². The molecule has 3 aliphatic rings. The van der Waals surface area contributed by atoms with E-state index in [2.05, 4.69) is 4.90 Å². The van der Waals surface area contributed by atoms with Crippen molar-refractivity contribution in [2.24, 2.45) is 17.8 Å². The third-order valence-corrected chi connectivity index (χ3v) is 12.6. The lowest BCUT2D eigenvalue weighted by Gasteiger charge is -2.49. The van der Waals surface area contributed by atoms with Crippen molar-refractivity contribution in [3.8, 4) is 0 Å². The van der Waals surface area contributed by atoms with Gasteiger partial charge in [-0.1, -0.05) is 27.7 Å². The average Bonchev–Trinajstić information content (AvgIpc) is 3.09. The smallest absolute Gasteiger partial charge is 0.311 e. The fraction of sp³-hybridized carbons (Fsp3) is 0.974. The molecule has 0 bridgehead atoms. The highest BCUT2D eigenvalue weighted by Gasteiger charge is 2.52. The maximum absolute atomic E-state index is 14.2. The molecule has 14 nitrogen and oxygen atoms in total. The number of methoxy groups -OCH3 is 1. The lowest BCUT2D eigenvalue weighted by Crippen LogP contribution is -2.60. The quantitative estimate of drug-likeness (QED) is 0.228. The van der Waals surface area contributed by atoms with Crippen molar-refractivity contribution in [1.82, 2.24) is 9.80 Å². The number of hydrogen-bond donors (Lipinski definition) is 5. The molecule has 0 aromatic rings. The molecule has 0 amide bonds. The van der Waals surface area contributed by atoms with E-state index >= 15 is 0 Å². The number of carbonyl (C=O) groups is 1. The second-order valence-electron chi connectivity index (χ2n) is 17.3. The minimum absolute atomic E-state index is 0.134. The van der Waals surface area contributed by atoms with Gasteiger partial charge in [0.05, 0.1) is 41.5 Å². The number of esters is 1. The minimum atomic E-state index is -1.80. The molecule has 0 aliphatic carbocycles. The SMILES string of the molecule is CC[C@H]1OC(=O)[C@H](C)[C@@H](O[C@H]2C[C@@](C)(OC)[C@@H](O)[C@H](C)O2)[C@H](C)[C@@H](O[C@@H]2O[C@H](C)C[C@H](N(C)CC)[C@H]2O)[C@](C)(O)C[C@@H](C)CN(C)[C@H](C)[C@@H](O)[C@]1(C)O. The summed E-state index contributed by atoms with van der Waals surface area (Å²) in [5, 5.41) is 58.4. The molecule has 3 fully saturated rings. The van der Waals surface area contributed by atoms with E-state index in [0.29, 0.717) is 19.5 Å². The van der Waals surface area contributed by atoms with Gasteiger partial charge in [-0.05, 0) is 94.3 Å². The minimum Gasteiger partial charge on any atom is -0.459 e. The summed E-state index contributed by atoms with van der Waals surface area (Å²) in [5.74, 6) is -2.58. The van der Waals surface area contributed by atoms with Crippen LogP contribution in [0.15, 0.2) is 0 Å². The van der Waals surface area contributed by atoms with Crippen LogP contribution < -0.4 is 0 Å². The van der Waals surface area contributed by atoms with E-state index in [1.165, 1.54) is 14.0 Å². The summed E-state index contributed by atoms with van der Waals surface area (Å²) in [5.41, 5.74) is -4.38. The Kier molecular flexibility index (Phi) is 16.2. The molecule has 0 spiro atoms. The van der Waals surface area contributed by atoms with E-state index in [1.807, 2.05) is 46.7 Å². The second kappa shape index (κ2) is 18.5. The number of rotatable bonds is 8. The van der Waals surface area contributed by atoms with Crippen LogP contribution in [0, 0.1) is 17.8 Å². The number of carbonyl (C=O) groups excluding carboxylic acids is 1. The molecular weight excluding hydrogens is 688 g/mol. The van der Waals surface area contributed by atoms with E-state index in [1.54, 1.807) is 41.5 Å². The molecule has 3 saturated heterocycles.